The van der Waals surface area contributed by atoms with E-state index in [9.17, 15) is 5.11 Å². The van der Waals surface area contributed by atoms with Crippen molar-refractivity contribution in [1.82, 2.24) is 10.6 Å². The van der Waals surface area contributed by atoms with Crippen LogP contribution in [-0.2, 0) is 17.9 Å². The molecule has 0 amide bonds. The zero-order valence-corrected chi connectivity index (χ0v) is 18.4. The molecule has 2 aromatic carbocycles. The molecular formula is C21H30IN3O2. The molecule has 1 unspecified atom stereocenters. The molecule has 5 nitrogen and oxygen atoms in total. The van der Waals surface area contributed by atoms with Crippen LogP contribution in [0, 0.1) is 5.92 Å². The number of phenols is 1. The predicted octanol–water partition coefficient (Wildman–Crippen LogP) is 3.92. The van der Waals surface area contributed by atoms with Crippen molar-refractivity contribution in [2.75, 3.05) is 19.7 Å². The molecule has 0 radical (unpaired) electrons. The maximum absolute atomic E-state index is 9.53. The highest BCUT2D eigenvalue weighted by molar-refractivity contribution is 14.0. The van der Waals surface area contributed by atoms with Gasteiger partial charge in [0, 0.05) is 13.1 Å². The van der Waals surface area contributed by atoms with Crippen molar-refractivity contribution in [3.8, 4) is 5.75 Å². The Kier molecular flexibility index (Phi) is 11.5. The predicted molar refractivity (Wildman–Crippen MR) is 122 cm³/mol. The summed E-state index contributed by atoms with van der Waals surface area (Å²) in [5, 5.41) is 16.1. The number of guanidine groups is 1. The van der Waals surface area contributed by atoms with Gasteiger partial charge in [-0.1, -0.05) is 49.4 Å². The standard InChI is InChI=1S/C21H29N3O2.HI/c1-3-22-21(24-14-19-10-7-11-20(25)12-19)23-13-17(2)15-26-16-18-8-5-4-6-9-18;/h4-12,17,25H,3,13-16H2,1-2H3,(H2,22,23,24);1H. The van der Waals surface area contributed by atoms with Crippen LogP contribution in [0.15, 0.2) is 59.6 Å². The van der Waals surface area contributed by atoms with Crippen LogP contribution >= 0.6 is 24.0 Å². The van der Waals surface area contributed by atoms with Crippen LogP contribution in [0.4, 0.5) is 0 Å². The van der Waals surface area contributed by atoms with E-state index in [1.807, 2.05) is 37.3 Å². The molecule has 0 heterocycles. The summed E-state index contributed by atoms with van der Waals surface area (Å²) in [7, 11) is 0. The molecule has 0 spiro atoms. The molecule has 0 saturated carbocycles. The maximum atomic E-state index is 9.53. The summed E-state index contributed by atoms with van der Waals surface area (Å²) in [6.45, 7) is 7.60. The fourth-order valence-electron chi connectivity index (χ4n) is 2.45. The Hall–Kier alpha value is -1.80. The summed E-state index contributed by atoms with van der Waals surface area (Å²) in [6, 6.07) is 17.4. The maximum Gasteiger partial charge on any atom is 0.191 e. The number of aliphatic imine (C=N–C) groups is 1. The second-order valence-electron chi connectivity index (χ2n) is 6.35. The molecule has 2 aromatic rings. The Bertz CT molecular complexity index is 680. The lowest BCUT2D eigenvalue weighted by molar-refractivity contribution is 0.0931. The van der Waals surface area contributed by atoms with Crippen LogP contribution in [0.3, 0.4) is 0 Å². The minimum Gasteiger partial charge on any atom is -0.508 e. The van der Waals surface area contributed by atoms with Crippen LogP contribution in [0.5, 0.6) is 5.75 Å². The molecule has 3 N–H and O–H groups in total. The summed E-state index contributed by atoms with van der Waals surface area (Å²) in [5.41, 5.74) is 2.16. The van der Waals surface area contributed by atoms with Gasteiger partial charge in [0.2, 0.25) is 0 Å². The van der Waals surface area contributed by atoms with Gasteiger partial charge >= 0.3 is 0 Å². The van der Waals surface area contributed by atoms with Crippen LogP contribution < -0.4 is 10.6 Å². The fraction of sp³-hybridized carbons (Fsp3) is 0.381. The Labute approximate surface area is 179 Å². The van der Waals surface area contributed by atoms with E-state index in [0.717, 1.165) is 24.6 Å². The van der Waals surface area contributed by atoms with Gasteiger partial charge in [0.25, 0.3) is 0 Å². The first-order chi connectivity index (χ1) is 12.7. The van der Waals surface area contributed by atoms with E-state index in [4.69, 9.17) is 4.74 Å². The highest BCUT2D eigenvalue weighted by atomic mass is 127. The molecule has 148 valence electrons. The molecule has 0 aliphatic carbocycles. The van der Waals surface area contributed by atoms with Gasteiger partial charge < -0.3 is 20.5 Å². The number of rotatable bonds is 9. The van der Waals surface area contributed by atoms with Gasteiger partial charge in [-0.3, -0.25) is 0 Å². The molecule has 0 fully saturated rings. The minimum atomic E-state index is 0. The monoisotopic (exact) mass is 483 g/mol. The number of nitrogens with one attached hydrogen (secondary N) is 2. The lowest BCUT2D eigenvalue weighted by Crippen LogP contribution is -2.40. The van der Waals surface area contributed by atoms with Gasteiger partial charge in [0.15, 0.2) is 5.96 Å². The number of ether oxygens (including phenoxy) is 1. The van der Waals surface area contributed by atoms with Gasteiger partial charge in [-0.05, 0) is 36.1 Å². The van der Waals surface area contributed by atoms with Crippen molar-refractivity contribution in [2.45, 2.75) is 27.0 Å². The zero-order chi connectivity index (χ0) is 18.6. The number of halogens is 1. The first-order valence-electron chi connectivity index (χ1n) is 9.09. The number of hydrogen-bond acceptors (Lipinski definition) is 3. The molecule has 6 heteroatoms. The van der Waals surface area contributed by atoms with E-state index in [-0.39, 0.29) is 29.7 Å². The number of phenolic OH excluding ortho intramolecular Hbond substituents is 1. The quantitative estimate of drug-likeness (QED) is 0.288. The van der Waals surface area contributed by atoms with Crippen LogP contribution in [0.2, 0.25) is 0 Å². The van der Waals surface area contributed by atoms with Gasteiger partial charge in [-0.15, -0.1) is 24.0 Å². The Morgan fingerprint density at radius 2 is 1.81 bits per heavy atom. The summed E-state index contributed by atoms with van der Waals surface area (Å²) < 4.78 is 5.79. The highest BCUT2D eigenvalue weighted by Crippen LogP contribution is 2.11. The van der Waals surface area contributed by atoms with Gasteiger partial charge in [0.1, 0.15) is 5.75 Å². The number of hydrogen-bond donors (Lipinski definition) is 3. The van der Waals surface area contributed by atoms with Gasteiger partial charge in [-0.25, -0.2) is 4.99 Å². The molecular weight excluding hydrogens is 453 g/mol. The van der Waals surface area contributed by atoms with Crippen molar-refractivity contribution in [2.24, 2.45) is 10.9 Å². The van der Waals surface area contributed by atoms with E-state index in [1.165, 1.54) is 5.56 Å². The Morgan fingerprint density at radius 1 is 1.07 bits per heavy atom. The molecule has 0 aliphatic rings. The Balaban J connectivity index is 0.00000364. The summed E-state index contributed by atoms with van der Waals surface area (Å²) in [6.07, 6.45) is 0. The molecule has 0 bridgehead atoms. The highest BCUT2D eigenvalue weighted by Gasteiger charge is 2.05. The van der Waals surface area contributed by atoms with E-state index in [2.05, 4.69) is 34.7 Å². The average Bonchev–Trinajstić information content (AvgIpc) is 2.65. The molecule has 0 aliphatic heterocycles. The second-order valence-corrected chi connectivity index (χ2v) is 6.35. The van der Waals surface area contributed by atoms with Crippen LogP contribution in [0.25, 0.3) is 0 Å². The fourth-order valence-corrected chi connectivity index (χ4v) is 2.45. The van der Waals surface area contributed by atoms with Gasteiger partial charge in [-0.2, -0.15) is 0 Å². The third-order valence-electron chi connectivity index (χ3n) is 3.81. The molecule has 2 rings (SSSR count). The minimum absolute atomic E-state index is 0. The van der Waals surface area contributed by atoms with E-state index < -0.39 is 0 Å². The zero-order valence-electron chi connectivity index (χ0n) is 16.0. The van der Waals surface area contributed by atoms with Crippen LogP contribution in [0.1, 0.15) is 25.0 Å². The number of aromatic hydroxyl groups is 1. The lowest BCUT2D eigenvalue weighted by Gasteiger charge is -2.16. The first kappa shape index (κ1) is 23.2. The average molecular weight is 483 g/mol. The molecule has 27 heavy (non-hydrogen) atoms. The van der Waals surface area contributed by atoms with Crippen molar-refractivity contribution >= 4 is 29.9 Å². The van der Waals surface area contributed by atoms with Gasteiger partial charge in [0.05, 0.1) is 19.8 Å². The van der Waals surface area contributed by atoms with Crippen molar-refractivity contribution in [1.29, 1.82) is 0 Å². The number of benzene rings is 2. The molecule has 0 aromatic heterocycles. The molecule has 0 saturated heterocycles. The lowest BCUT2D eigenvalue weighted by atomic mass is 10.2. The Morgan fingerprint density at radius 3 is 2.52 bits per heavy atom. The normalized spacial score (nSPS) is 12.1. The van der Waals surface area contributed by atoms with Crippen molar-refractivity contribution in [3.05, 3.63) is 65.7 Å². The SMILES string of the molecule is CCNC(=NCc1cccc(O)c1)NCC(C)COCc1ccccc1.I. The van der Waals surface area contributed by atoms with E-state index >= 15 is 0 Å². The molecule has 1 atom stereocenters. The topological polar surface area (TPSA) is 65.9 Å². The smallest absolute Gasteiger partial charge is 0.191 e. The summed E-state index contributed by atoms with van der Waals surface area (Å²) in [4.78, 5) is 4.57. The first-order valence-corrected chi connectivity index (χ1v) is 9.09. The summed E-state index contributed by atoms with van der Waals surface area (Å²) in [5.74, 6) is 1.40. The third-order valence-corrected chi connectivity index (χ3v) is 3.81. The largest absolute Gasteiger partial charge is 0.508 e. The number of nitrogens with zero attached hydrogens (tertiary/aromatic N) is 1. The van der Waals surface area contributed by atoms with E-state index in [1.54, 1.807) is 12.1 Å². The van der Waals surface area contributed by atoms with Crippen molar-refractivity contribution < 1.29 is 9.84 Å². The third kappa shape index (κ3) is 9.63. The van der Waals surface area contributed by atoms with Crippen molar-refractivity contribution in [3.63, 3.8) is 0 Å². The second kappa shape index (κ2) is 13.4. The summed E-state index contributed by atoms with van der Waals surface area (Å²) >= 11 is 0. The van der Waals surface area contributed by atoms with E-state index in [0.29, 0.717) is 25.7 Å². The van der Waals surface area contributed by atoms with Crippen LogP contribution in [-0.4, -0.2) is 30.8 Å².